The summed E-state index contributed by atoms with van der Waals surface area (Å²) in [6, 6.07) is 4.02. The Morgan fingerprint density at radius 2 is 2.05 bits per heavy atom. The third-order valence-corrected chi connectivity index (χ3v) is 6.75. The number of likely N-dealkylation sites (N-methyl/N-ethyl adjacent to an activating group) is 1. The van der Waals surface area contributed by atoms with Crippen molar-refractivity contribution in [2.45, 2.75) is 12.7 Å². The molecule has 4 heterocycles. The molecule has 4 aliphatic heterocycles. The van der Waals surface area contributed by atoms with Gasteiger partial charge in [0.2, 0.25) is 5.96 Å². The Kier molecular flexibility index (Phi) is 8.34. The third kappa shape index (κ3) is 5.80. The molecule has 1 aromatic carbocycles. The molecule has 1 N–H and O–H groups in total. The summed E-state index contributed by atoms with van der Waals surface area (Å²) >= 11 is 0. The second kappa shape index (κ2) is 12.0. The summed E-state index contributed by atoms with van der Waals surface area (Å²) in [4.78, 5) is 23.4. The van der Waals surface area contributed by atoms with Crippen LogP contribution in [-0.2, 0) is 4.74 Å². The fraction of sp³-hybridized carbons (Fsp3) is 0.577. The van der Waals surface area contributed by atoms with Gasteiger partial charge >= 0.3 is 0 Å². The molecule has 11 nitrogen and oxygen atoms in total. The summed E-state index contributed by atoms with van der Waals surface area (Å²) in [5, 5.41) is 3.53. The Balaban J connectivity index is 1.36. The number of ether oxygens (including phenoxy) is 3. The standard InChI is InChI=1S/C26H38N8O3/c1-31(2)13-9-29-25-28-8-4-12-34(25)26-30-22-20(24-27-10-14-33(24)26)6-7-21(23(22)35-3)37-17-5-11-32-15-18-36-19-16-32/h4,6-8,12,25,29H,5,9-11,13-19H2,1-3H3. The van der Waals surface area contributed by atoms with Crippen molar-refractivity contribution in [1.29, 1.82) is 0 Å². The van der Waals surface area contributed by atoms with Crippen molar-refractivity contribution >= 4 is 23.7 Å². The number of nitrogens with zero attached hydrogens (tertiary/aromatic N) is 7. The van der Waals surface area contributed by atoms with Crippen LogP contribution in [0.2, 0.25) is 0 Å². The average Bonchev–Trinajstić information content (AvgIpc) is 3.41. The van der Waals surface area contributed by atoms with E-state index in [1.54, 1.807) is 7.11 Å². The molecule has 0 aliphatic carbocycles. The fourth-order valence-electron chi connectivity index (χ4n) is 4.84. The molecule has 0 amide bonds. The minimum atomic E-state index is -0.252. The summed E-state index contributed by atoms with van der Waals surface area (Å²) in [6.07, 6.45) is 6.45. The first-order valence-corrected chi connectivity index (χ1v) is 13.1. The van der Waals surface area contributed by atoms with E-state index in [1.165, 1.54) is 0 Å². The largest absolute Gasteiger partial charge is 0.491 e. The Morgan fingerprint density at radius 3 is 2.86 bits per heavy atom. The highest BCUT2D eigenvalue weighted by molar-refractivity contribution is 6.16. The lowest BCUT2D eigenvalue weighted by Gasteiger charge is -2.37. The molecule has 37 heavy (non-hydrogen) atoms. The summed E-state index contributed by atoms with van der Waals surface area (Å²) < 4.78 is 17.5. The van der Waals surface area contributed by atoms with E-state index in [0.29, 0.717) is 18.1 Å². The second-order valence-corrected chi connectivity index (χ2v) is 9.60. The zero-order valence-corrected chi connectivity index (χ0v) is 22.1. The molecule has 4 aliphatic rings. The van der Waals surface area contributed by atoms with Gasteiger partial charge < -0.3 is 19.1 Å². The molecule has 0 radical (unpaired) electrons. The summed E-state index contributed by atoms with van der Waals surface area (Å²) in [5.41, 5.74) is 1.70. The number of methoxy groups -OCH3 is 1. The number of aliphatic imine (C=N–C) groups is 3. The quantitative estimate of drug-likeness (QED) is 0.470. The highest BCUT2D eigenvalue weighted by Crippen LogP contribution is 2.43. The van der Waals surface area contributed by atoms with Crippen molar-refractivity contribution in [1.82, 2.24) is 24.9 Å². The molecule has 0 saturated carbocycles. The molecule has 5 rings (SSSR count). The molecule has 11 heteroatoms. The van der Waals surface area contributed by atoms with Crippen molar-refractivity contribution in [3.63, 3.8) is 0 Å². The highest BCUT2D eigenvalue weighted by Gasteiger charge is 2.36. The predicted octanol–water partition coefficient (Wildman–Crippen LogP) is 1.19. The van der Waals surface area contributed by atoms with Crippen molar-refractivity contribution in [2.75, 3.05) is 86.8 Å². The number of fused-ring (bicyclic) bond motifs is 3. The van der Waals surface area contributed by atoms with E-state index < -0.39 is 0 Å². The number of hydrogen-bond acceptors (Lipinski definition) is 11. The molecule has 1 unspecified atom stereocenters. The van der Waals surface area contributed by atoms with Gasteiger partial charge in [-0.05, 0) is 38.7 Å². The minimum Gasteiger partial charge on any atom is -0.491 e. The van der Waals surface area contributed by atoms with Crippen LogP contribution in [0.4, 0.5) is 5.69 Å². The minimum absolute atomic E-state index is 0.252. The topological polar surface area (TPSA) is 89.8 Å². The van der Waals surface area contributed by atoms with Gasteiger partial charge in [0.15, 0.2) is 17.8 Å². The van der Waals surface area contributed by atoms with Crippen LogP contribution in [0.3, 0.4) is 0 Å². The van der Waals surface area contributed by atoms with Gasteiger partial charge in [0.05, 0.1) is 33.5 Å². The number of allylic oxidation sites excluding steroid dienone is 1. The molecule has 0 aromatic heterocycles. The van der Waals surface area contributed by atoms with Gasteiger partial charge in [-0.1, -0.05) is 0 Å². The highest BCUT2D eigenvalue weighted by atomic mass is 16.5. The number of hydrogen-bond donors (Lipinski definition) is 1. The lowest BCUT2D eigenvalue weighted by Crippen LogP contribution is -2.54. The molecule has 1 aromatic rings. The van der Waals surface area contributed by atoms with Crippen molar-refractivity contribution in [3.8, 4) is 11.5 Å². The van der Waals surface area contributed by atoms with Gasteiger partial charge in [0.25, 0.3) is 0 Å². The van der Waals surface area contributed by atoms with Gasteiger partial charge in [-0.2, -0.15) is 0 Å². The zero-order chi connectivity index (χ0) is 25.6. The number of rotatable bonds is 10. The van der Waals surface area contributed by atoms with Crippen molar-refractivity contribution in [2.24, 2.45) is 15.0 Å². The average molecular weight is 511 g/mol. The number of benzene rings is 1. The number of amidine groups is 1. The molecular weight excluding hydrogens is 472 g/mol. The van der Waals surface area contributed by atoms with Crippen LogP contribution in [0.5, 0.6) is 11.5 Å². The van der Waals surface area contributed by atoms with Gasteiger partial charge in [0.1, 0.15) is 11.5 Å². The maximum Gasteiger partial charge on any atom is 0.214 e. The summed E-state index contributed by atoms with van der Waals surface area (Å²) in [5.74, 6) is 3.03. The van der Waals surface area contributed by atoms with E-state index in [-0.39, 0.29) is 6.29 Å². The maximum absolute atomic E-state index is 6.20. The van der Waals surface area contributed by atoms with E-state index >= 15 is 0 Å². The summed E-state index contributed by atoms with van der Waals surface area (Å²) in [7, 11) is 5.80. The third-order valence-electron chi connectivity index (χ3n) is 6.75. The predicted molar refractivity (Wildman–Crippen MR) is 145 cm³/mol. The van der Waals surface area contributed by atoms with Crippen LogP contribution in [0, 0.1) is 0 Å². The van der Waals surface area contributed by atoms with Crippen LogP contribution in [0.1, 0.15) is 12.0 Å². The summed E-state index contributed by atoms with van der Waals surface area (Å²) in [6.45, 7) is 8.40. The van der Waals surface area contributed by atoms with Gasteiger partial charge in [0, 0.05) is 57.2 Å². The first kappa shape index (κ1) is 25.7. The monoisotopic (exact) mass is 510 g/mol. The Hall–Kier alpha value is -2.99. The Bertz CT molecular complexity index is 1060. The van der Waals surface area contributed by atoms with Crippen LogP contribution in [-0.4, -0.2) is 131 Å². The first-order valence-electron chi connectivity index (χ1n) is 13.1. The van der Waals surface area contributed by atoms with Crippen molar-refractivity contribution < 1.29 is 14.2 Å². The lowest BCUT2D eigenvalue weighted by atomic mass is 10.1. The molecule has 200 valence electrons. The van der Waals surface area contributed by atoms with Crippen LogP contribution in [0.15, 0.2) is 39.4 Å². The van der Waals surface area contributed by atoms with Gasteiger partial charge in [-0.15, -0.1) is 0 Å². The van der Waals surface area contributed by atoms with E-state index in [9.17, 15) is 0 Å². The number of morpholine rings is 1. The number of nitrogens with one attached hydrogen (secondary N) is 1. The maximum atomic E-state index is 6.20. The Morgan fingerprint density at radius 1 is 1.19 bits per heavy atom. The molecule has 0 spiro atoms. The van der Waals surface area contributed by atoms with E-state index in [1.807, 2.05) is 30.6 Å². The lowest BCUT2D eigenvalue weighted by molar-refractivity contribution is 0.0357. The van der Waals surface area contributed by atoms with Crippen LogP contribution in [0.25, 0.3) is 0 Å². The Labute approximate surface area is 219 Å². The van der Waals surface area contributed by atoms with Gasteiger partial charge in [-0.3, -0.25) is 30.0 Å². The van der Waals surface area contributed by atoms with E-state index in [4.69, 9.17) is 24.2 Å². The molecule has 1 fully saturated rings. The molecular formula is C26H38N8O3. The normalized spacial score (nSPS) is 21.1. The first-order chi connectivity index (χ1) is 18.2. The smallest absolute Gasteiger partial charge is 0.214 e. The molecule has 1 saturated heterocycles. The number of guanidine groups is 1. The van der Waals surface area contributed by atoms with Crippen LogP contribution < -0.4 is 14.8 Å². The second-order valence-electron chi connectivity index (χ2n) is 9.60. The molecule has 0 bridgehead atoms. The van der Waals surface area contributed by atoms with Gasteiger partial charge in [-0.25, -0.2) is 4.99 Å². The molecule has 1 atom stereocenters. The fourth-order valence-corrected chi connectivity index (χ4v) is 4.84. The van der Waals surface area contributed by atoms with Crippen molar-refractivity contribution in [3.05, 3.63) is 30.0 Å². The SMILES string of the molecule is COc1c(OCCCN2CCOCC2)ccc2c1N=C(N1C=CC=NC1NCCN(C)C)N1CCN=C21. The van der Waals surface area contributed by atoms with E-state index in [2.05, 4.69) is 44.0 Å². The van der Waals surface area contributed by atoms with Crippen LogP contribution >= 0.6 is 0 Å². The zero-order valence-electron chi connectivity index (χ0n) is 22.1. The van der Waals surface area contributed by atoms with E-state index in [0.717, 1.165) is 88.5 Å².